The van der Waals surface area contributed by atoms with Crippen LogP contribution in [0.2, 0.25) is 15.1 Å². The maximum Gasteiger partial charge on any atom is 0.126 e. The van der Waals surface area contributed by atoms with E-state index in [4.69, 9.17) is 34.8 Å². The van der Waals surface area contributed by atoms with Gasteiger partial charge >= 0.3 is 0 Å². The van der Waals surface area contributed by atoms with Crippen molar-refractivity contribution in [3.05, 3.63) is 33.0 Å². The molecule has 0 nitrogen and oxygen atoms in total. The van der Waals surface area contributed by atoms with Crippen molar-refractivity contribution in [1.82, 2.24) is 0 Å². The molecule has 4 heteroatoms. The van der Waals surface area contributed by atoms with Crippen LogP contribution in [0, 0.1) is 5.82 Å². The molecule has 10 heavy (non-hydrogen) atoms. The Morgan fingerprint density at radius 2 is 1.40 bits per heavy atom. The van der Waals surface area contributed by atoms with E-state index in [1.165, 1.54) is 0 Å². The molecule has 0 saturated carbocycles. The highest BCUT2D eigenvalue weighted by Crippen LogP contribution is 2.30. The van der Waals surface area contributed by atoms with Gasteiger partial charge < -0.3 is 0 Å². The molecule has 0 N–H and O–H groups in total. The third-order valence-electron chi connectivity index (χ3n) is 0.949. The smallest absolute Gasteiger partial charge is 0.126 e. The summed E-state index contributed by atoms with van der Waals surface area (Å²) in [6, 6.07) is 2.21. The summed E-state index contributed by atoms with van der Waals surface area (Å²) < 4.78 is 12.4. The van der Waals surface area contributed by atoms with E-state index in [9.17, 15) is 4.39 Å². The lowest BCUT2D eigenvalue weighted by molar-refractivity contribution is 0.628. The first-order valence-electron chi connectivity index (χ1n) is 2.41. The fraction of sp³-hybridized carbons (Fsp3) is 0. The van der Waals surface area contributed by atoms with Crippen molar-refractivity contribution >= 4 is 34.8 Å². The van der Waals surface area contributed by atoms with Crippen LogP contribution in [0.3, 0.4) is 0 Å². The van der Waals surface area contributed by atoms with E-state index in [0.29, 0.717) is 0 Å². The van der Waals surface area contributed by atoms with Crippen molar-refractivity contribution in [3.8, 4) is 0 Å². The van der Waals surface area contributed by atoms with Crippen molar-refractivity contribution in [3.63, 3.8) is 0 Å². The first-order valence-corrected chi connectivity index (χ1v) is 3.54. The van der Waals surface area contributed by atoms with E-state index in [-0.39, 0.29) is 15.1 Å². The van der Waals surface area contributed by atoms with Gasteiger partial charge in [0.25, 0.3) is 0 Å². The van der Waals surface area contributed by atoms with Gasteiger partial charge in [-0.05, 0) is 12.1 Å². The second-order valence-electron chi connectivity index (χ2n) is 1.68. The van der Waals surface area contributed by atoms with Gasteiger partial charge in [-0.1, -0.05) is 34.8 Å². The summed E-state index contributed by atoms with van der Waals surface area (Å²) in [5, 5.41) is 0.447. The van der Waals surface area contributed by atoms with Crippen molar-refractivity contribution in [2.24, 2.45) is 0 Å². The molecule has 1 aromatic rings. The number of hydrogen-bond donors (Lipinski definition) is 0. The molecule has 1 rings (SSSR count). The Labute approximate surface area is 72.5 Å². The topological polar surface area (TPSA) is 0 Å². The van der Waals surface area contributed by atoms with Gasteiger partial charge in [-0.25, -0.2) is 4.39 Å². The minimum absolute atomic E-state index is 0.131. The lowest BCUT2D eigenvalue weighted by Crippen LogP contribution is -1.75. The Morgan fingerprint density at radius 1 is 1.00 bits per heavy atom. The number of hydrogen-bond acceptors (Lipinski definition) is 0. The largest absolute Gasteiger partial charge is 0.207 e. The molecule has 0 radical (unpaired) electrons. The van der Waals surface area contributed by atoms with Crippen LogP contribution >= 0.6 is 34.8 Å². The van der Waals surface area contributed by atoms with E-state index in [1.807, 2.05) is 0 Å². The van der Waals surface area contributed by atoms with E-state index < -0.39 is 5.82 Å². The summed E-state index contributed by atoms with van der Waals surface area (Å²) in [6.07, 6.45) is 0. The molecule has 54 valence electrons. The minimum Gasteiger partial charge on any atom is -0.207 e. The van der Waals surface area contributed by atoms with Crippen LogP contribution in [0.4, 0.5) is 4.39 Å². The van der Waals surface area contributed by atoms with E-state index >= 15 is 0 Å². The molecule has 0 aliphatic carbocycles. The summed E-state index contributed by atoms with van der Waals surface area (Å²) in [7, 11) is 0. The molecule has 0 aromatic heterocycles. The molecule has 0 heterocycles. The highest BCUT2D eigenvalue weighted by atomic mass is 35.5. The SMILES string of the molecule is Fc1cc(Cl)c(Cl)c(Cl)c1. The standard InChI is InChI=1S/C6H2Cl3F/c7-4-1-3(10)2-5(8)6(4)9/h1-2H. The van der Waals surface area contributed by atoms with Crippen LogP contribution < -0.4 is 0 Å². The van der Waals surface area contributed by atoms with Gasteiger partial charge in [-0.2, -0.15) is 0 Å². The quantitative estimate of drug-likeness (QED) is 0.440. The monoisotopic (exact) mass is 198 g/mol. The van der Waals surface area contributed by atoms with Gasteiger partial charge in [0.15, 0.2) is 0 Å². The zero-order valence-electron chi connectivity index (χ0n) is 4.67. The van der Waals surface area contributed by atoms with Crippen LogP contribution in [-0.4, -0.2) is 0 Å². The maximum atomic E-state index is 12.4. The molecule has 0 saturated heterocycles. The normalized spacial score (nSPS) is 10.0. The first-order chi connectivity index (χ1) is 4.61. The van der Waals surface area contributed by atoms with Crippen molar-refractivity contribution < 1.29 is 4.39 Å². The van der Waals surface area contributed by atoms with Crippen LogP contribution in [0.1, 0.15) is 0 Å². The van der Waals surface area contributed by atoms with Crippen molar-refractivity contribution in [2.45, 2.75) is 0 Å². The number of rotatable bonds is 0. The lowest BCUT2D eigenvalue weighted by Gasteiger charge is -1.96. The average molecular weight is 199 g/mol. The Morgan fingerprint density at radius 3 is 1.80 bits per heavy atom. The van der Waals surface area contributed by atoms with Gasteiger partial charge in [0.1, 0.15) is 5.82 Å². The van der Waals surface area contributed by atoms with Gasteiger partial charge in [-0.15, -0.1) is 0 Å². The third kappa shape index (κ3) is 1.54. The molecule has 0 spiro atoms. The molecule has 0 bridgehead atoms. The molecular weight excluding hydrogens is 197 g/mol. The maximum absolute atomic E-state index is 12.4. The molecule has 0 unspecified atom stereocenters. The average Bonchev–Trinajstić information content (AvgIpc) is 1.82. The zero-order chi connectivity index (χ0) is 7.72. The predicted molar refractivity (Wildman–Crippen MR) is 41.4 cm³/mol. The Balaban J connectivity index is 3.31. The fourth-order valence-corrected chi connectivity index (χ4v) is 1.09. The first kappa shape index (κ1) is 8.12. The fourth-order valence-electron chi connectivity index (χ4n) is 0.525. The van der Waals surface area contributed by atoms with Gasteiger partial charge in [0.2, 0.25) is 0 Å². The van der Waals surface area contributed by atoms with Gasteiger partial charge in [0.05, 0.1) is 15.1 Å². The van der Waals surface area contributed by atoms with Gasteiger partial charge in [0, 0.05) is 0 Å². The van der Waals surface area contributed by atoms with E-state index in [2.05, 4.69) is 0 Å². The predicted octanol–water partition coefficient (Wildman–Crippen LogP) is 3.79. The molecular formula is C6H2Cl3F. The number of benzene rings is 1. The second-order valence-corrected chi connectivity index (χ2v) is 2.88. The van der Waals surface area contributed by atoms with E-state index in [0.717, 1.165) is 12.1 Å². The summed E-state index contributed by atoms with van der Waals surface area (Å²) in [5.41, 5.74) is 0. The molecule has 0 aliphatic rings. The molecule has 0 fully saturated rings. The van der Waals surface area contributed by atoms with Crippen molar-refractivity contribution in [1.29, 1.82) is 0 Å². The Hall–Kier alpha value is 0.0200. The zero-order valence-corrected chi connectivity index (χ0v) is 6.93. The summed E-state index contributed by atoms with van der Waals surface area (Å²) in [4.78, 5) is 0. The molecule has 0 amide bonds. The molecule has 0 aliphatic heterocycles. The highest BCUT2D eigenvalue weighted by molar-refractivity contribution is 6.47. The summed E-state index contributed by atoms with van der Waals surface area (Å²) >= 11 is 16.4. The number of halogens is 4. The highest BCUT2D eigenvalue weighted by Gasteiger charge is 2.04. The molecule has 1 aromatic carbocycles. The lowest BCUT2D eigenvalue weighted by atomic mass is 10.3. The Bertz CT molecular complexity index is 236. The second kappa shape index (κ2) is 2.95. The third-order valence-corrected chi connectivity index (χ3v) is 2.15. The van der Waals surface area contributed by atoms with Crippen LogP contribution in [0.15, 0.2) is 12.1 Å². The van der Waals surface area contributed by atoms with Gasteiger partial charge in [-0.3, -0.25) is 0 Å². The Kier molecular flexibility index (Phi) is 2.40. The summed E-state index contributed by atoms with van der Waals surface area (Å²) in [6.45, 7) is 0. The van der Waals surface area contributed by atoms with Crippen LogP contribution in [0.25, 0.3) is 0 Å². The minimum atomic E-state index is -0.487. The van der Waals surface area contributed by atoms with Crippen LogP contribution in [0.5, 0.6) is 0 Å². The molecule has 0 atom stereocenters. The van der Waals surface area contributed by atoms with Crippen LogP contribution in [-0.2, 0) is 0 Å². The summed E-state index contributed by atoms with van der Waals surface area (Å²) in [5.74, 6) is -0.487. The van der Waals surface area contributed by atoms with E-state index in [1.54, 1.807) is 0 Å². The van der Waals surface area contributed by atoms with Crippen molar-refractivity contribution in [2.75, 3.05) is 0 Å².